The molecule has 0 saturated heterocycles. The normalized spacial score (nSPS) is 16.1. The number of carbonyl (C=O) groups excluding carboxylic acids is 1. The molecule has 0 radical (unpaired) electrons. The molecule has 0 heterocycles. The fourth-order valence-electron chi connectivity index (χ4n) is 2.32. The van der Waals surface area contributed by atoms with Gasteiger partial charge in [0.25, 0.3) is 0 Å². The lowest BCUT2D eigenvalue weighted by atomic mass is 10.1. The van der Waals surface area contributed by atoms with Crippen LogP contribution in [0.2, 0.25) is 0 Å². The standard InChI is InChI=1S/C14H19NO2/c1-10-12(7-4-8-13(10)15)14(16)17-9-11-5-2-3-6-11/h4,7-8,11H,2-3,5-6,9,15H2,1H3. The van der Waals surface area contributed by atoms with E-state index in [1.54, 1.807) is 18.2 Å². The molecular formula is C14H19NO2. The average Bonchev–Trinajstić information content (AvgIpc) is 2.82. The Kier molecular flexibility index (Phi) is 3.67. The highest BCUT2D eigenvalue weighted by molar-refractivity contribution is 5.92. The molecule has 1 saturated carbocycles. The van der Waals surface area contributed by atoms with Crippen LogP contribution in [0.1, 0.15) is 41.6 Å². The summed E-state index contributed by atoms with van der Waals surface area (Å²) in [6.45, 7) is 2.40. The molecule has 2 rings (SSSR count). The Morgan fingerprint density at radius 1 is 1.41 bits per heavy atom. The summed E-state index contributed by atoms with van der Waals surface area (Å²) < 4.78 is 5.35. The molecule has 1 fully saturated rings. The van der Waals surface area contributed by atoms with Crippen molar-refractivity contribution in [2.24, 2.45) is 5.92 Å². The number of benzene rings is 1. The molecular weight excluding hydrogens is 214 g/mol. The highest BCUT2D eigenvalue weighted by Gasteiger charge is 2.18. The lowest BCUT2D eigenvalue weighted by molar-refractivity contribution is 0.0442. The smallest absolute Gasteiger partial charge is 0.338 e. The molecule has 0 spiro atoms. The molecule has 1 aromatic carbocycles. The van der Waals surface area contributed by atoms with E-state index in [4.69, 9.17) is 10.5 Å². The zero-order chi connectivity index (χ0) is 12.3. The minimum absolute atomic E-state index is 0.248. The summed E-state index contributed by atoms with van der Waals surface area (Å²) in [4.78, 5) is 11.9. The zero-order valence-corrected chi connectivity index (χ0v) is 10.2. The second-order valence-corrected chi connectivity index (χ2v) is 4.77. The number of ether oxygens (including phenoxy) is 1. The highest BCUT2D eigenvalue weighted by atomic mass is 16.5. The Bertz CT molecular complexity index is 409. The maximum atomic E-state index is 11.9. The molecule has 1 aliphatic carbocycles. The molecule has 0 aromatic heterocycles. The van der Waals surface area contributed by atoms with Crippen LogP contribution < -0.4 is 5.73 Å². The van der Waals surface area contributed by atoms with E-state index in [-0.39, 0.29) is 5.97 Å². The molecule has 0 aliphatic heterocycles. The summed E-state index contributed by atoms with van der Waals surface area (Å²) in [6, 6.07) is 5.35. The molecule has 3 nitrogen and oxygen atoms in total. The number of esters is 1. The summed E-state index contributed by atoms with van der Waals surface area (Å²) in [5, 5.41) is 0. The maximum absolute atomic E-state index is 11.9. The molecule has 3 heteroatoms. The van der Waals surface area contributed by atoms with Crippen molar-refractivity contribution in [2.45, 2.75) is 32.6 Å². The third-order valence-electron chi connectivity index (χ3n) is 3.52. The third kappa shape index (κ3) is 2.78. The number of hydrogen-bond acceptors (Lipinski definition) is 3. The monoisotopic (exact) mass is 233 g/mol. The Hall–Kier alpha value is -1.51. The first-order valence-corrected chi connectivity index (χ1v) is 6.20. The predicted octanol–water partition coefficient (Wildman–Crippen LogP) is 2.92. The minimum atomic E-state index is -0.248. The highest BCUT2D eigenvalue weighted by Crippen LogP contribution is 2.25. The van der Waals surface area contributed by atoms with Crippen molar-refractivity contribution >= 4 is 11.7 Å². The zero-order valence-electron chi connectivity index (χ0n) is 10.2. The molecule has 0 amide bonds. The minimum Gasteiger partial charge on any atom is -0.462 e. The van der Waals surface area contributed by atoms with Gasteiger partial charge in [-0.3, -0.25) is 0 Å². The van der Waals surface area contributed by atoms with Crippen molar-refractivity contribution in [3.8, 4) is 0 Å². The molecule has 92 valence electrons. The summed E-state index contributed by atoms with van der Waals surface area (Å²) in [6.07, 6.45) is 4.89. The Labute approximate surface area is 102 Å². The summed E-state index contributed by atoms with van der Waals surface area (Å²) in [5.41, 5.74) is 7.80. The molecule has 17 heavy (non-hydrogen) atoms. The van der Waals surface area contributed by atoms with Crippen LogP contribution >= 0.6 is 0 Å². The van der Waals surface area contributed by atoms with Gasteiger partial charge in [-0.25, -0.2) is 4.79 Å². The first-order valence-electron chi connectivity index (χ1n) is 6.20. The number of nitrogen functional groups attached to an aromatic ring is 1. The molecule has 0 unspecified atom stereocenters. The van der Waals surface area contributed by atoms with Crippen LogP contribution in [-0.2, 0) is 4.74 Å². The van der Waals surface area contributed by atoms with Gasteiger partial charge in [-0.15, -0.1) is 0 Å². The van der Waals surface area contributed by atoms with Crippen molar-refractivity contribution in [2.75, 3.05) is 12.3 Å². The summed E-state index contributed by atoms with van der Waals surface area (Å²) in [5.74, 6) is 0.307. The van der Waals surface area contributed by atoms with Gasteiger partial charge in [0.2, 0.25) is 0 Å². The molecule has 0 bridgehead atoms. The SMILES string of the molecule is Cc1c(N)cccc1C(=O)OCC1CCCC1. The fraction of sp³-hybridized carbons (Fsp3) is 0.500. The molecule has 2 N–H and O–H groups in total. The van der Waals surface area contributed by atoms with Crippen molar-refractivity contribution in [1.82, 2.24) is 0 Å². The van der Waals surface area contributed by atoms with E-state index in [0.717, 1.165) is 5.56 Å². The van der Waals surface area contributed by atoms with Gasteiger partial charge in [0, 0.05) is 5.69 Å². The van der Waals surface area contributed by atoms with Gasteiger partial charge in [0.05, 0.1) is 12.2 Å². The number of anilines is 1. The number of rotatable bonds is 3. The Morgan fingerprint density at radius 2 is 2.12 bits per heavy atom. The van der Waals surface area contributed by atoms with E-state index >= 15 is 0 Å². The largest absolute Gasteiger partial charge is 0.462 e. The van der Waals surface area contributed by atoms with Crippen LogP contribution in [0.5, 0.6) is 0 Å². The van der Waals surface area contributed by atoms with Crippen LogP contribution in [0.4, 0.5) is 5.69 Å². The van der Waals surface area contributed by atoms with Crippen LogP contribution in [0.3, 0.4) is 0 Å². The van der Waals surface area contributed by atoms with Crippen LogP contribution in [-0.4, -0.2) is 12.6 Å². The van der Waals surface area contributed by atoms with Gasteiger partial charge < -0.3 is 10.5 Å². The topological polar surface area (TPSA) is 52.3 Å². The summed E-state index contributed by atoms with van der Waals surface area (Å²) >= 11 is 0. The first kappa shape index (κ1) is 12.0. The second-order valence-electron chi connectivity index (χ2n) is 4.77. The van der Waals surface area contributed by atoms with E-state index < -0.39 is 0 Å². The van der Waals surface area contributed by atoms with E-state index in [2.05, 4.69) is 0 Å². The lowest BCUT2D eigenvalue weighted by Crippen LogP contribution is -2.13. The van der Waals surface area contributed by atoms with Gasteiger partial charge in [0.15, 0.2) is 0 Å². The lowest BCUT2D eigenvalue weighted by Gasteiger charge is -2.11. The van der Waals surface area contributed by atoms with Crippen molar-refractivity contribution in [3.63, 3.8) is 0 Å². The average molecular weight is 233 g/mol. The molecule has 1 aromatic rings. The van der Waals surface area contributed by atoms with E-state index in [0.29, 0.717) is 23.8 Å². The third-order valence-corrected chi connectivity index (χ3v) is 3.52. The van der Waals surface area contributed by atoms with Gasteiger partial charge in [0.1, 0.15) is 0 Å². The molecule has 1 aliphatic rings. The van der Waals surface area contributed by atoms with E-state index in [9.17, 15) is 4.79 Å². The number of nitrogens with two attached hydrogens (primary N) is 1. The number of carbonyl (C=O) groups is 1. The van der Waals surface area contributed by atoms with Crippen molar-refractivity contribution in [3.05, 3.63) is 29.3 Å². The van der Waals surface area contributed by atoms with E-state index in [1.807, 2.05) is 6.92 Å². The Morgan fingerprint density at radius 3 is 2.82 bits per heavy atom. The van der Waals surface area contributed by atoms with Crippen LogP contribution in [0, 0.1) is 12.8 Å². The predicted molar refractivity (Wildman–Crippen MR) is 67.8 cm³/mol. The van der Waals surface area contributed by atoms with Gasteiger partial charge in [-0.1, -0.05) is 18.9 Å². The van der Waals surface area contributed by atoms with Crippen LogP contribution in [0.15, 0.2) is 18.2 Å². The maximum Gasteiger partial charge on any atom is 0.338 e. The van der Waals surface area contributed by atoms with Gasteiger partial charge >= 0.3 is 5.97 Å². The van der Waals surface area contributed by atoms with Gasteiger partial charge in [-0.05, 0) is 43.4 Å². The van der Waals surface area contributed by atoms with Crippen molar-refractivity contribution in [1.29, 1.82) is 0 Å². The molecule has 0 atom stereocenters. The van der Waals surface area contributed by atoms with E-state index in [1.165, 1.54) is 25.7 Å². The van der Waals surface area contributed by atoms with Crippen molar-refractivity contribution < 1.29 is 9.53 Å². The summed E-state index contributed by atoms with van der Waals surface area (Å²) in [7, 11) is 0. The quantitative estimate of drug-likeness (QED) is 0.645. The Balaban J connectivity index is 1.97. The van der Waals surface area contributed by atoms with Crippen LogP contribution in [0.25, 0.3) is 0 Å². The van der Waals surface area contributed by atoms with Gasteiger partial charge in [-0.2, -0.15) is 0 Å². The second kappa shape index (κ2) is 5.21. The fourth-order valence-corrected chi connectivity index (χ4v) is 2.32. The first-order chi connectivity index (χ1) is 8.18. The number of hydrogen-bond donors (Lipinski definition) is 1.